The zero-order valence-electron chi connectivity index (χ0n) is 10.6. The normalized spacial score (nSPS) is 18.7. The van der Waals surface area contributed by atoms with Gasteiger partial charge in [-0.15, -0.1) is 11.3 Å². The summed E-state index contributed by atoms with van der Waals surface area (Å²) in [7, 11) is 0. The quantitative estimate of drug-likeness (QED) is 0.848. The molecule has 1 unspecified atom stereocenters. The molecule has 1 aromatic rings. The molecule has 2 heterocycles. The molecule has 1 N–H and O–H groups in total. The monoisotopic (exact) mass is 255 g/mol. The maximum Gasteiger partial charge on any atom is 0.159 e. The topological polar surface area (TPSA) is 30.5 Å². The predicted octanol–water partition coefficient (Wildman–Crippen LogP) is 2.86. The SMILES string of the molecule is CCCNC(CC1OCCO1)c1ccsc1C. The van der Waals surface area contributed by atoms with E-state index >= 15 is 0 Å². The van der Waals surface area contributed by atoms with Gasteiger partial charge in [0.1, 0.15) is 0 Å². The van der Waals surface area contributed by atoms with E-state index in [1.54, 1.807) is 11.3 Å². The minimum absolute atomic E-state index is 0.0383. The molecule has 1 saturated heterocycles. The fourth-order valence-electron chi connectivity index (χ4n) is 2.13. The van der Waals surface area contributed by atoms with Crippen molar-refractivity contribution in [2.75, 3.05) is 19.8 Å². The highest BCUT2D eigenvalue weighted by molar-refractivity contribution is 7.10. The Morgan fingerprint density at radius 3 is 2.82 bits per heavy atom. The van der Waals surface area contributed by atoms with Gasteiger partial charge in [-0.25, -0.2) is 0 Å². The van der Waals surface area contributed by atoms with Crippen LogP contribution in [0.3, 0.4) is 0 Å². The lowest BCUT2D eigenvalue weighted by atomic mass is 10.0. The predicted molar refractivity (Wildman–Crippen MR) is 70.4 cm³/mol. The van der Waals surface area contributed by atoms with Crippen LogP contribution in [0.5, 0.6) is 0 Å². The summed E-state index contributed by atoms with van der Waals surface area (Å²) in [5, 5.41) is 5.74. The Labute approximate surface area is 107 Å². The number of rotatable bonds is 6. The molecule has 1 aromatic heterocycles. The molecule has 0 amide bonds. The molecule has 0 spiro atoms. The Bertz CT molecular complexity index is 334. The first kappa shape index (κ1) is 13.0. The third kappa shape index (κ3) is 3.52. The molecule has 1 fully saturated rings. The molecule has 2 rings (SSSR count). The van der Waals surface area contributed by atoms with Crippen molar-refractivity contribution < 1.29 is 9.47 Å². The van der Waals surface area contributed by atoms with Crippen LogP contribution in [-0.2, 0) is 9.47 Å². The summed E-state index contributed by atoms with van der Waals surface area (Å²) in [6.45, 7) is 6.86. The highest BCUT2D eigenvalue weighted by Crippen LogP contribution is 2.27. The number of thiophene rings is 1. The second kappa shape index (κ2) is 6.50. The summed E-state index contributed by atoms with van der Waals surface area (Å²) in [4.78, 5) is 1.39. The van der Waals surface area contributed by atoms with Gasteiger partial charge in [0.15, 0.2) is 6.29 Å². The Morgan fingerprint density at radius 2 is 2.24 bits per heavy atom. The molecule has 1 aliphatic rings. The molecule has 0 aliphatic carbocycles. The van der Waals surface area contributed by atoms with Crippen molar-refractivity contribution in [2.24, 2.45) is 0 Å². The molecule has 17 heavy (non-hydrogen) atoms. The van der Waals surface area contributed by atoms with E-state index in [2.05, 4.69) is 30.6 Å². The molecule has 0 radical (unpaired) electrons. The van der Waals surface area contributed by atoms with Crippen molar-refractivity contribution in [2.45, 2.75) is 39.0 Å². The molecule has 1 atom stereocenters. The fraction of sp³-hybridized carbons (Fsp3) is 0.692. The lowest BCUT2D eigenvalue weighted by Crippen LogP contribution is -2.26. The summed E-state index contributed by atoms with van der Waals surface area (Å²) in [5.41, 5.74) is 1.39. The molecular weight excluding hydrogens is 234 g/mol. The van der Waals surface area contributed by atoms with Crippen molar-refractivity contribution in [3.05, 3.63) is 21.9 Å². The van der Waals surface area contributed by atoms with Crippen LogP contribution in [0.4, 0.5) is 0 Å². The van der Waals surface area contributed by atoms with E-state index in [9.17, 15) is 0 Å². The van der Waals surface area contributed by atoms with Gasteiger partial charge in [0.25, 0.3) is 0 Å². The first-order valence-electron chi connectivity index (χ1n) is 6.32. The fourth-order valence-corrected chi connectivity index (χ4v) is 2.90. The van der Waals surface area contributed by atoms with Crippen LogP contribution >= 0.6 is 11.3 Å². The number of hydrogen-bond acceptors (Lipinski definition) is 4. The van der Waals surface area contributed by atoms with Gasteiger partial charge in [0, 0.05) is 17.3 Å². The minimum Gasteiger partial charge on any atom is -0.350 e. The number of nitrogens with one attached hydrogen (secondary N) is 1. The number of aryl methyl sites for hydroxylation is 1. The molecule has 0 bridgehead atoms. The van der Waals surface area contributed by atoms with Crippen LogP contribution < -0.4 is 5.32 Å². The smallest absolute Gasteiger partial charge is 0.159 e. The highest BCUT2D eigenvalue weighted by atomic mass is 32.1. The van der Waals surface area contributed by atoms with Gasteiger partial charge >= 0.3 is 0 Å². The van der Waals surface area contributed by atoms with Gasteiger partial charge in [-0.3, -0.25) is 0 Å². The van der Waals surface area contributed by atoms with E-state index < -0.39 is 0 Å². The molecule has 1 aliphatic heterocycles. The summed E-state index contributed by atoms with van der Waals surface area (Å²) in [5.74, 6) is 0. The lowest BCUT2D eigenvalue weighted by molar-refractivity contribution is -0.0530. The van der Waals surface area contributed by atoms with E-state index in [0.717, 1.165) is 32.6 Å². The third-order valence-electron chi connectivity index (χ3n) is 3.03. The first-order valence-corrected chi connectivity index (χ1v) is 7.19. The minimum atomic E-state index is -0.0383. The molecule has 0 aromatic carbocycles. The second-order valence-corrected chi connectivity index (χ2v) is 5.47. The van der Waals surface area contributed by atoms with E-state index in [0.29, 0.717) is 6.04 Å². The molecular formula is C13H21NO2S. The average Bonchev–Trinajstić information content (AvgIpc) is 2.95. The van der Waals surface area contributed by atoms with Crippen LogP contribution in [0.25, 0.3) is 0 Å². The van der Waals surface area contributed by atoms with Crippen molar-refractivity contribution >= 4 is 11.3 Å². The largest absolute Gasteiger partial charge is 0.350 e. The summed E-state index contributed by atoms with van der Waals surface area (Å²) in [6, 6.07) is 2.56. The van der Waals surface area contributed by atoms with Crippen LogP contribution in [0.15, 0.2) is 11.4 Å². The van der Waals surface area contributed by atoms with Crippen molar-refractivity contribution in [1.82, 2.24) is 5.32 Å². The maximum atomic E-state index is 5.54. The third-order valence-corrected chi connectivity index (χ3v) is 3.90. The molecule has 0 saturated carbocycles. The number of hydrogen-bond donors (Lipinski definition) is 1. The molecule has 4 heteroatoms. The van der Waals surface area contributed by atoms with Crippen LogP contribution in [-0.4, -0.2) is 26.0 Å². The van der Waals surface area contributed by atoms with Crippen molar-refractivity contribution in [3.8, 4) is 0 Å². The van der Waals surface area contributed by atoms with Crippen molar-refractivity contribution in [3.63, 3.8) is 0 Å². The lowest BCUT2D eigenvalue weighted by Gasteiger charge is -2.21. The van der Waals surface area contributed by atoms with Gasteiger partial charge in [-0.1, -0.05) is 6.92 Å². The zero-order chi connectivity index (χ0) is 12.1. The van der Waals surface area contributed by atoms with Gasteiger partial charge < -0.3 is 14.8 Å². The van der Waals surface area contributed by atoms with Gasteiger partial charge in [-0.05, 0) is 36.9 Å². The van der Waals surface area contributed by atoms with Gasteiger partial charge in [0.2, 0.25) is 0 Å². The van der Waals surface area contributed by atoms with Gasteiger partial charge in [0.05, 0.1) is 13.2 Å². The maximum absolute atomic E-state index is 5.54. The zero-order valence-corrected chi connectivity index (χ0v) is 11.4. The highest BCUT2D eigenvalue weighted by Gasteiger charge is 2.23. The summed E-state index contributed by atoms with van der Waals surface area (Å²) >= 11 is 1.80. The van der Waals surface area contributed by atoms with Gasteiger partial charge in [-0.2, -0.15) is 0 Å². The van der Waals surface area contributed by atoms with E-state index in [1.807, 2.05) is 0 Å². The van der Waals surface area contributed by atoms with E-state index in [1.165, 1.54) is 10.4 Å². The Balaban J connectivity index is 1.99. The van der Waals surface area contributed by atoms with Crippen LogP contribution in [0, 0.1) is 6.92 Å². The number of ether oxygens (including phenoxy) is 2. The van der Waals surface area contributed by atoms with E-state index in [4.69, 9.17) is 9.47 Å². The van der Waals surface area contributed by atoms with E-state index in [-0.39, 0.29) is 6.29 Å². The van der Waals surface area contributed by atoms with Crippen LogP contribution in [0.1, 0.15) is 36.2 Å². The van der Waals surface area contributed by atoms with Crippen LogP contribution in [0.2, 0.25) is 0 Å². The summed E-state index contributed by atoms with van der Waals surface area (Å²) < 4.78 is 11.1. The molecule has 96 valence electrons. The summed E-state index contributed by atoms with van der Waals surface area (Å²) in [6.07, 6.45) is 2.01. The standard InChI is InChI=1S/C13H21NO2S/c1-3-5-14-12(9-13-15-6-7-16-13)11-4-8-17-10(11)2/h4,8,12-14H,3,5-7,9H2,1-2H3. The van der Waals surface area contributed by atoms with Crippen molar-refractivity contribution in [1.29, 1.82) is 0 Å². The Hall–Kier alpha value is -0.420. The average molecular weight is 255 g/mol. The molecule has 3 nitrogen and oxygen atoms in total. The first-order chi connectivity index (χ1) is 8.31. The Morgan fingerprint density at radius 1 is 1.47 bits per heavy atom. The second-order valence-electron chi connectivity index (χ2n) is 4.35. The Kier molecular flexibility index (Phi) is 4.98.